The zero-order valence-electron chi connectivity index (χ0n) is 18.6. The van der Waals surface area contributed by atoms with E-state index in [2.05, 4.69) is 15.9 Å². The van der Waals surface area contributed by atoms with E-state index >= 15 is 0 Å². The average Bonchev–Trinajstić information content (AvgIpc) is 3.03. The summed E-state index contributed by atoms with van der Waals surface area (Å²) >= 11 is 3.35. The molecule has 0 saturated carbocycles. The van der Waals surface area contributed by atoms with Gasteiger partial charge in [0, 0.05) is 28.6 Å². The normalized spacial score (nSPS) is 17.8. The first-order chi connectivity index (χ1) is 15.3. The van der Waals surface area contributed by atoms with Gasteiger partial charge in [0.25, 0.3) is 5.91 Å². The number of amides is 1. The molecule has 2 aromatic carbocycles. The van der Waals surface area contributed by atoms with Crippen molar-refractivity contribution < 1.29 is 29.1 Å². The molecule has 8 heteroatoms. The number of ketones is 1. The van der Waals surface area contributed by atoms with Crippen LogP contribution < -0.4 is 19.5 Å². The lowest BCUT2D eigenvalue weighted by molar-refractivity contribution is -0.858. The SMILES string of the molecule is COc1ccc(OC)c(C2/C(=C(\[O-])c3ccc(Br)cc3)C(=O)C(=O)N2CCC[NH+](C)C)c1. The monoisotopic (exact) mass is 502 g/mol. The highest BCUT2D eigenvalue weighted by Gasteiger charge is 2.45. The maximum absolute atomic E-state index is 13.5. The second-order valence-corrected chi connectivity index (χ2v) is 8.81. The number of hydrogen-bond donors (Lipinski definition) is 1. The van der Waals surface area contributed by atoms with Gasteiger partial charge < -0.3 is 24.4 Å². The largest absolute Gasteiger partial charge is 0.872 e. The summed E-state index contributed by atoms with van der Waals surface area (Å²) in [5.74, 6) is -0.895. The molecule has 1 saturated heterocycles. The Balaban J connectivity index is 2.18. The molecule has 7 nitrogen and oxygen atoms in total. The number of nitrogens with zero attached hydrogens (tertiary/aromatic N) is 1. The molecule has 3 rings (SSSR count). The number of rotatable bonds is 8. The minimum Gasteiger partial charge on any atom is -0.872 e. The van der Waals surface area contributed by atoms with Crippen LogP contribution in [0, 0.1) is 0 Å². The predicted octanol–water partition coefficient (Wildman–Crippen LogP) is 1.22. The summed E-state index contributed by atoms with van der Waals surface area (Å²) in [5, 5.41) is 13.5. The smallest absolute Gasteiger partial charge is 0.295 e. The van der Waals surface area contributed by atoms with E-state index in [1.807, 2.05) is 14.1 Å². The highest BCUT2D eigenvalue weighted by molar-refractivity contribution is 9.10. The van der Waals surface area contributed by atoms with Crippen LogP contribution in [0.15, 0.2) is 52.5 Å². The Bertz CT molecular complexity index is 1030. The zero-order chi connectivity index (χ0) is 23.4. The van der Waals surface area contributed by atoms with Crippen molar-refractivity contribution in [1.29, 1.82) is 0 Å². The minimum atomic E-state index is -0.853. The summed E-state index contributed by atoms with van der Waals surface area (Å²) in [6.07, 6.45) is 0.684. The Morgan fingerprint density at radius 3 is 2.38 bits per heavy atom. The molecule has 0 aromatic heterocycles. The summed E-state index contributed by atoms with van der Waals surface area (Å²) in [5.41, 5.74) is 0.820. The lowest BCUT2D eigenvalue weighted by Crippen LogP contribution is -3.05. The van der Waals surface area contributed by atoms with Crippen LogP contribution in [-0.2, 0) is 9.59 Å². The standard InChI is InChI=1S/C24H27BrN2O5/c1-26(2)12-5-13-27-21(18-14-17(31-3)10-11-19(18)32-4)20(23(29)24(27)30)22(28)15-6-8-16(25)9-7-15/h6-11,14,21,28H,5,12-13H2,1-4H3/b22-20+. The van der Waals surface area contributed by atoms with Gasteiger partial charge in [-0.05, 0) is 35.9 Å². The number of halogens is 1. The second-order valence-electron chi connectivity index (χ2n) is 7.90. The Morgan fingerprint density at radius 2 is 1.78 bits per heavy atom. The fourth-order valence-corrected chi connectivity index (χ4v) is 4.10. The van der Waals surface area contributed by atoms with Crippen LogP contribution >= 0.6 is 15.9 Å². The molecule has 1 heterocycles. The molecule has 0 spiro atoms. The van der Waals surface area contributed by atoms with Crippen LogP contribution in [-0.4, -0.2) is 58.0 Å². The quantitative estimate of drug-likeness (QED) is 0.333. The van der Waals surface area contributed by atoms with Gasteiger partial charge in [0.15, 0.2) is 0 Å². The van der Waals surface area contributed by atoms with Crippen molar-refractivity contribution in [3.8, 4) is 11.5 Å². The van der Waals surface area contributed by atoms with Gasteiger partial charge in [-0.2, -0.15) is 0 Å². The number of ether oxygens (including phenoxy) is 2. The molecule has 0 aliphatic carbocycles. The maximum atomic E-state index is 13.5. The molecule has 1 amide bonds. The molecular weight excluding hydrogens is 476 g/mol. The number of quaternary nitrogens is 1. The second kappa shape index (κ2) is 10.2. The van der Waals surface area contributed by atoms with Crippen molar-refractivity contribution in [2.45, 2.75) is 12.5 Å². The van der Waals surface area contributed by atoms with Crippen molar-refractivity contribution in [1.82, 2.24) is 4.90 Å². The van der Waals surface area contributed by atoms with Crippen LogP contribution in [0.25, 0.3) is 5.76 Å². The molecule has 0 radical (unpaired) electrons. The molecule has 1 N–H and O–H groups in total. The van der Waals surface area contributed by atoms with Gasteiger partial charge in [0.2, 0.25) is 5.78 Å². The highest BCUT2D eigenvalue weighted by Crippen LogP contribution is 2.43. The summed E-state index contributed by atoms with van der Waals surface area (Å²) in [6, 6.07) is 11.0. The molecule has 1 aliphatic rings. The lowest BCUT2D eigenvalue weighted by Gasteiger charge is -2.29. The number of benzene rings is 2. The van der Waals surface area contributed by atoms with E-state index in [-0.39, 0.29) is 5.57 Å². The zero-order valence-corrected chi connectivity index (χ0v) is 20.2. The molecule has 1 atom stereocenters. The fourth-order valence-electron chi connectivity index (χ4n) is 3.84. The third-order valence-corrected chi connectivity index (χ3v) is 5.97. The lowest BCUT2D eigenvalue weighted by atomic mass is 9.94. The van der Waals surface area contributed by atoms with E-state index in [1.54, 1.807) is 42.5 Å². The number of Topliss-reactive ketones (excluding diaryl/α,β-unsaturated/α-hetero) is 1. The third-order valence-electron chi connectivity index (χ3n) is 5.44. The van der Waals surface area contributed by atoms with Crippen molar-refractivity contribution >= 4 is 33.4 Å². The fraction of sp³-hybridized carbons (Fsp3) is 0.333. The number of nitrogens with one attached hydrogen (secondary N) is 1. The van der Waals surface area contributed by atoms with Crippen LogP contribution in [0.4, 0.5) is 0 Å². The van der Waals surface area contributed by atoms with E-state index in [0.29, 0.717) is 35.6 Å². The topological polar surface area (TPSA) is 83.3 Å². The van der Waals surface area contributed by atoms with Gasteiger partial charge >= 0.3 is 0 Å². The summed E-state index contributed by atoms with van der Waals surface area (Å²) in [7, 11) is 7.09. The Kier molecular flexibility index (Phi) is 7.58. The third kappa shape index (κ3) is 4.81. The van der Waals surface area contributed by atoms with Crippen molar-refractivity contribution in [3.05, 3.63) is 63.6 Å². The van der Waals surface area contributed by atoms with Crippen LogP contribution in [0.1, 0.15) is 23.6 Å². The summed E-state index contributed by atoms with van der Waals surface area (Å²) in [6.45, 7) is 1.16. The van der Waals surface area contributed by atoms with E-state index in [1.165, 1.54) is 24.0 Å². The van der Waals surface area contributed by atoms with Crippen LogP contribution in [0.2, 0.25) is 0 Å². The van der Waals surface area contributed by atoms with Crippen molar-refractivity contribution in [3.63, 3.8) is 0 Å². The number of carbonyl (C=O) groups is 2. The molecule has 0 bridgehead atoms. The van der Waals surface area contributed by atoms with Gasteiger partial charge in [-0.15, -0.1) is 0 Å². The maximum Gasteiger partial charge on any atom is 0.295 e. The van der Waals surface area contributed by atoms with Crippen molar-refractivity contribution in [2.24, 2.45) is 0 Å². The average molecular weight is 503 g/mol. The van der Waals surface area contributed by atoms with Gasteiger partial charge in [-0.3, -0.25) is 9.59 Å². The first kappa shape index (κ1) is 23.8. The molecule has 170 valence electrons. The first-order valence-electron chi connectivity index (χ1n) is 10.3. The molecule has 32 heavy (non-hydrogen) atoms. The summed E-state index contributed by atoms with van der Waals surface area (Å²) < 4.78 is 11.7. The van der Waals surface area contributed by atoms with Crippen LogP contribution in [0.3, 0.4) is 0 Å². The van der Waals surface area contributed by atoms with Gasteiger partial charge in [0.1, 0.15) is 11.5 Å². The number of likely N-dealkylation sites (tertiary alicyclic amines) is 1. The Labute approximate surface area is 196 Å². The molecule has 1 fully saturated rings. The van der Waals surface area contributed by atoms with Crippen molar-refractivity contribution in [2.75, 3.05) is 41.4 Å². The Hall–Kier alpha value is -2.84. The van der Waals surface area contributed by atoms with Crippen LogP contribution in [0.5, 0.6) is 11.5 Å². The Morgan fingerprint density at radius 1 is 1.09 bits per heavy atom. The molecule has 2 aromatic rings. The molecule has 1 aliphatic heterocycles. The van der Waals surface area contributed by atoms with E-state index < -0.39 is 23.5 Å². The highest BCUT2D eigenvalue weighted by atomic mass is 79.9. The number of methoxy groups -OCH3 is 2. The van der Waals surface area contributed by atoms with Gasteiger partial charge in [0.05, 0.1) is 40.9 Å². The number of hydrogen-bond acceptors (Lipinski definition) is 5. The summed E-state index contributed by atoms with van der Waals surface area (Å²) in [4.78, 5) is 28.8. The van der Waals surface area contributed by atoms with Gasteiger partial charge in [-0.25, -0.2) is 0 Å². The number of carbonyl (C=O) groups excluding carboxylic acids is 2. The van der Waals surface area contributed by atoms with E-state index in [0.717, 1.165) is 11.0 Å². The minimum absolute atomic E-state index is 0.0684. The molecule has 1 unspecified atom stereocenters. The molecular formula is C24H27BrN2O5. The predicted molar refractivity (Wildman–Crippen MR) is 122 cm³/mol. The van der Waals surface area contributed by atoms with E-state index in [4.69, 9.17) is 9.47 Å². The first-order valence-corrected chi connectivity index (χ1v) is 11.1. The van der Waals surface area contributed by atoms with Gasteiger partial charge in [-0.1, -0.05) is 33.8 Å². The van der Waals surface area contributed by atoms with E-state index in [9.17, 15) is 14.7 Å².